The molecule has 0 fully saturated rings. The summed E-state index contributed by atoms with van der Waals surface area (Å²) >= 11 is 0.870. The molecule has 0 aliphatic carbocycles. The molecule has 0 saturated heterocycles. The predicted molar refractivity (Wildman–Crippen MR) is 74.6 cm³/mol. The number of nitrogens with zero attached hydrogens (tertiary/aromatic N) is 1. The number of hydrogen-bond donors (Lipinski definition) is 2. The fraction of sp³-hybridized carbons (Fsp3) is 0.154. The molecule has 1 atom stereocenters. The summed E-state index contributed by atoms with van der Waals surface area (Å²) in [6.07, 6.45) is 0. The van der Waals surface area contributed by atoms with Gasteiger partial charge in [-0.2, -0.15) is 0 Å². The molecule has 0 amide bonds. The molecule has 1 heterocycles. The zero-order valence-corrected chi connectivity index (χ0v) is 11.2. The normalized spacial score (nSPS) is 12.0. The minimum Gasteiger partial charge on any atom is -0.480 e. The Bertz CT molecular complexity index is 612. The molecule has 0 radical (unpaired) electrons. The van der Waals surface area contributed by atoms with Gasteiger partial charge >= 0.3 is 11.0 Å². The van der Waals surface area contributed by atoms with E-state index in [1.807, 2.05) is 30.3 Å². The SMILES string of the molecule is O=C(O)C(NCc1ccccc1)c1ccc([N+](=O)[O-])s1. The van der Waals surface area contributed by atoms with Crippen LogP contribution in [0.2, 0.25) is 0 Å². The average molecular weight is 292 g/mol. The molecule has 7 heteroatoms. The van der Waals surface area contributed by atoms with Gasteiger partial charge in [-0.15, -0.1) is 0 Å². The summed E-state index contributed by atoms with van der Waals surface area (Å²) in [5.74, 6) is -1.06. The van der Waals surface area contributed by atoms with E-state index in [0.29, 0.717) is 11.4 Å². The third kappa shape index (κ3) is 3.40. The molecule has 104 valence electrons. The van der Waals surface area contributed by atoms with E-state index in [1.54, 1.807) is 0 Å². The monoisotopic (exact) mass is 292 g/mol. The lowest BCUT2D eigenvalue weighted by atomic mass is 10.2. The van der Waals surface area contributed by atoms with Crippen LogP contribution in [0.15, 0.2) is 42.5 Å². The number of nitro groups is 1. The molecule has 1 aromatic carbocycles. The Labute approximate surface area is 118 Å². The standard InChI is InChI=1S/C13H12N2O4S/c16-13(17)12(10-6-7-11(20-10)15(18)19)14-8-9-4-2-1-3-5-9/h1-7,12,14H,8H2,(H,16,17). The summed E-state index contributed by atoms with van der Waals surface area (Å²) < 4.78 is 0. The fourth-order valence-corrected chi connectivity index (χ4v) is 2.61. The van der Waals surface area contributed by atoms with Crippen LogP contribution in [-0.2, 0) is 11.3 Å². The number of benzene rings is 1. The Kier molecular flexibility index (Phi) is 4.44. The lowest BCUT2D eigenvalue weighted by Gasteiger charge is -2.12. The van der Waals surface area contributed by atoms with Crippen molar-refractivity contribution in [3.05, 3.63) is 63.0 Å². The number of carbonyl (C=O) groups is 1. The van der Waals surface area contributed by atoms with Gasteiger partial charge in [0, 0.05) is 17.5 Å². The topological polar surface area (TPSA) is 92.5 Å². The van der Waals surface area contributed by atoms with Gasteiger partial charge in [-0.05, 0) is 11.6 Å². The highest BCUT2D eigenvalue weighted by atomic mass is 32.1. The van der Waals surface area contributed by atoms with Gasteiger partial charge in [-0.25, -0.2) is 0 Å². The van der Waals surface area contributed by atoms with E-state index in [-0.39, 0.29) is 5.00 Å². The molecular weight excluding hydrogens is 280 g/mol. The van der Waals surface area contributed by atoms with Crippen molar-refractivity contribution in [3.63, 3.8) is 0 Å². The highest BCUT2D eigenvalue weighted by Crippen LogP contribution is 2.29. The van der Waals surface area contributed by atoms with Gasteiger partial charge < -0.3 is 5.11 Å². The number of carboxylic acids is 1. The van der Waals surface area contributed by atoms with Crippen molar-refractivity contribution < 1.29 is 14.8 Å². The first-order valence-electron chi connectivity index (χ1n) is 5.82. The van der Waals surface area contributed by atoms with Gasteiger partial charge in [0.05, 0.1) is 4.92 Å². The van der Waals surface area contributed by atoms with Crippen LogP contribution in [0.1, 0.15) is 16.5 Å². The zero-order chi connectivity index (χ0) is 14.5. The Morgan fingerprint density at radius 1 is 1.30 bits per heavy atom. The molecule has 0 spiro atoms. The second-order valence-electron chi connectivity index (χ2n) is 4.07. The molecular formula is C13H12N2O4S. The van der Waals surface area contributed by atoms with Crippen molar-refractivity contribution in [2.75, 3.05) is 0 Å². The predicted octanol–water partition coefficient (Wildman–Crippen LogP) is 2.57. The number of thiophene rings is 1. The molecule has 0 aliphatic heterocycles. The van der Waals surface area contributed by atoms with Crippen LogP contribution in [0.3, 0.4) is 0 Å². The first-order valence-corrected chi connectivity index (χ1v) is 6.64. The maximum Gasteiger partial charge on any atom is 0.326 e. The van der Waals surface area contributed by atoms with Gasteiger partial charge in [-0.1, -0.05) is 41.7 Å². The van der Waals surface area contributed by atoms with E-state index in [9.17, 15) is 20.0 Å². The number of rotatable bonds is 6. The molecule has 0 saturated carbocycles. The molecule has 0 aliphatic rings. The molecule has 2 aromatic rings. The van der Waals surface area contributed by atoms with Crippen molar-refractivity contribution in [1.29, 1.82) is 0 Å². The molecule has 6 nitrogen and oxygen atoms in total. The van der Waals surface area contributed by atoms with Crippen LogP contribution in [0, 0.1) is 10.1 Å². The molecule has 1 aromatic heterocycles. The number of hydrogen-bond acceptors (Lipinski definition) is 5. The van der Waals surface area contributed by atoms with E-state index >= 15 is 0 Å². The van der Waals surface area contributed by atoms with E-state index in [0.717, 1.165) is 16.9 Å². The van der Waals surface area contributed by atoms with Crippen LogP contribution in [0.25, 0.3) is 0 Å². The Balaban J connectivity index is 2.10. The third-order valence-corrected chi connectivity index (χ3v) is 3.78. The second-order valence-corrected chi connectivity index (χ2v) is 5.16. The summed E-state index contributed by atoms with van der Waals surface area (Å²) in [6, 6.07) is 11.2. The van der Waals surface area contributed by atoms with Crippen LogP contribution in [0.5, 0.6) is 0 Å². The Morgan fingerprint density at radius 2 is 2.00 bits per heavy atom. The third-order valence-electron chi connectivity index (χ3n) is 2.68. The minimum atomic E-state index is -1.06. The van der Waals surface area contributed by atoms with Gasteiger partial charge in [-0.3, -0.25) is 20.2 Å². The van der Waals surface area contributed by atoms with Crippen LogP contribution < -0.4 is 5.32 Å². The molecule has 0 bridgehead atoms. The average Bonchev–Trinajstić information content (AvgIpc) is 2.89. The van der Waals surface area contributed by atoms with Gasteiger partial charge in [0.2, 0.25) is 0 Å². The van der Waals surface area contributed by atoms with Crippen LogP contribution in [0.4, 0.5) is 5.00 Å². The highest BCUT2D eigenvalue weighted by molar-refractivity contribution is 7.15. The second kappa shape index (κ2) is 6.27. The van der Waals surface area contributed by atoms with E-state index in [4.69, 9.17) is 0 Å². The zero-order valence-electron chi connectivity index (χ0n) is 10.4. The van der Waals surface area contributed by atoms with Gasteiger partial charge in [0.25, 0.3) is 0 Å². The highest BCUT2D eigenvalue weighted by Gasteiger charge is 2.23. The maximum absolute atomic E-state index is 11.3. The number of nitrogens with one attached hydrogen (secondary N) is 1. The molecule has 20 heavy (non-hydrogen) atoms. The first kappa shape index (κ1) is 14.2. The maximum atomic E-state index is 11.3. The van der Waals surface area contributed by atoms with E-state index in [2.05, 4.69) is 5.32 Å². The van der Waals surface area contributed by atoms with Crippen LogP contribution in [-0.4, -0.2) is 16.0 Å². The lowest BCUT2D eigenvalue weighted by Crippen LogP contribution is -2.27. The van der Waals surface area contributed by atoms with Crippen molar-refractivity contribution in [1.82, 2.24) is 5.32 Å². The van der Waals surface area contributed by atoms with E-state index < -0.39 is 16.9 Å². The quantitative estimate of drug-likeness (QED) is 0.630. The number of carboxylic acid groups (broad SMARTS) is 1. The summed E-state index contributed by atoms with van der Waals surface area (Å²) in [4.78, 5) is 21.8. The molecule has 1 unspecified atom stereocenters. The first-order chi connectivity index (χ1) is 9.58. The summed E-state index contributed by atoms with van der Waals surface area (Å²) in [5, 5.41) is 22.7. The lowest BCUT2D eigenvalue weighted by molar-refractivity contribution is -0.380. The fourth-order valence-electron chi connectivity index (χ4n) is 1.72. The minimum absolute atomic E-state index is 0.0623. The summed E-state index contributed by atoms with van der Waals surface area (Å²) in [5.41, 5.74) is 0.949. The Hall–Kier alpha value is -2.25. The van der Waals surface area contributed by atoms with Crippen molar-refractivity contribution in [3.8, 4) is 0 Å². The van der Waals surface area contributed by atoms with Crippen LogP contribution >= 0.6 is 11.3 Å². The van der Waals surface area contributed by atoms with E-state index in [1.165, 1.54) is 12.1 Å². The summed E-state index contributed by atoms with van der Waals surface area (Å²) in [6.45, 7) is 0.378. The molecule has 2 N–H and O–H groups in total. The smallest absolute Gasteiger partial charge is 0.326 e. The van der Waals surface area contributed by atoms with Crippen molar-refractivity contribution >= 4 is 22.3 Å². The van der Waals surface area contributed by atoms with Gasteiger partial charge in [0.15, 0.2) is 0 Å². The van der Waals surface area contributed by atoms with Crippen molar-refractivity contribution in [2.24, 2.45) is 0 Å². The number of aliphatic carboxylic acids is 1. The molecule has 2 rings (SSSR count). The van der Waals surface area contributed by atoms with Gasteiger partial charge in [0.1, 0.15) is 6.04 Å². The largest absolute Gasteiger partial charge is 0.480 e. The summed E-state index contributed by atoms with van der Waals surface area (Å²) in [7, 11) is 0. The Morgan fingerprint density at radius 3 is 2.55 bits per heavy atom. The van der Waals surface area contributed by atoms with Crippen molar-refractivity contribution in [2.45, 2.75) is 12.6 Å².